The molecule has 2 aliphatic rings. The van der Waals surface area contributed by atoms with Gasteiger partial charge in [0.25, 0.3) is 5.69 Å². The predicted molar refractivity (Wildman–Crippen MR) is 64.3 cm³/mol. The van der Waals surface area contributed by atoms with E-state index in [0.717, 1.165) is 24.0 Å². The molecule has 1 aliphatic heterocycles. The highest BCUT2D eigenvalue weighted by molar-refractivity contribution is 7.90. The normalized spacial score (nSPS) is 19.8. The first-order valence-electron chi connectivity index (χ1n) is 5.73. The lowest BCUT2D eigenvalue weighted by molar-refractivity contribution is -0.384. The number of nitro groups is 1. The maximum absolute atomic E-state index is 12.1. The Bertz CT molecular complexity index is 622. The van der Waals surface area contributed by atoms with Crippen LogP contribution in [0, 0.1) is 10.1 Å². The van der Waals surface area contributed by atoms with Crippen LogP contribution in [0.1, 0.15) is 24.0 Å². The summed E-state index contributed by atoms with van der Waals surface area (Å²) in [6, 6.07) is 4.54. The fourth-order valence-corrected chi connectivity index (χ4v) is 4.01. The molecule has 0 N–H and O–H groups in total. The van der Waals surface area contributed by atoms with Gasteiger partial charge in [-0.3, -0.25) is 10.1 Å². The maximum atomic E-state index is 12.1. The monoisotopic (exact) mass is 268 g/mol. The Morgan fingerprint density at radius 3 is 2.50 bits per heavy atom. The van der Waals surface area contributed by atoms with E-state index in [0.29, 0.717) is 6.54 Å². The highest BCUT2D eigenvalue weighted by Crippen LogP contribution is 2.36. The van der Waals surface area contributed by atoms with Crippen molar-refractivity contribution in [2.24, 2.45) is 0 Å². The summed E-state index contributed by atoms with van der Waals surface area (Å²) in [7, 11) is -3.20. The van der Waals surface area contributed by atoms with Crippen LogP contribution in [0.25, 0.3) is 0 Å². The van der Waals surface area contributed by atoms with Crippen molar-refractivity contribution < 1.29 is 13.3 Å². The molecule has 1 heterocycles. The maximum Gasteiger partial charge on any atom is 0.269 e. The summed E-state index contributed by atoms with van der Waals surface area (Å²) in [6.07, 6.45) is 1.46. The highest BCUT2D eigenvalue weighted by atomic mass is 32.2. The van der Waals surface area contributed by atoms with Crippen molar-refractivity contribution in [1.29, 1.82) is 0 Å². The Labute approximate surface area is 104 Å². The molecule has 18 heavy (non-hydrogen) atoms. The Kier molecular flexibility index (Phi) is 2.43. The molecule has 0 bridgehead atoms. The number of non-ortho nitro benzene ring substituents is 1. The number of fused-ring (bicyclic) bond motifs is 1. The summed E-state index contributed by atoms with van der Waals surface area (Å²) < 4.78 is 25.6. The Balaban J connectivity index is 1.89. The van der Waals surface area contributed by atoms with E-state index >= 15 is 0 Å². The van der Waals surface area contributed by atoms with Crippen molar-refractivity contribution in [3.05, 3.63) is 39.4 Å². The van der Waals surface area contributed by atoms with Crippen LogP contribution in [0.5, 0.6) is 0 Å². The van der Waals surface area contributed by atoms with Gasteiger partial charge < -0.3 is 0 Å². The second kappa shape index (κ2) is 3.76. The first kappa shape index (κ1) is 11.6. The standard InChI is InChI=1S/C11H12N2O4S/c14-13(15)10-2-1-8-6-12(7-9(8)5-10)18(16,17)11-3-4-11/h1-2,5,11H,3-4,6-7H2. The molecule has 1 aromatic carbocycles. The summed E-state index contributed by atoms with van der Waals surface area (Å²) in [5.74, 6) is 0. The first-order chi connectivity index (χ1) is 8.48. The Morgan fingerprint density at radius 1 is 1.22 bits per heavy atom. The molecule has 1 saturated carbocycles. The van der Waals surface area contributed by atoms with Crippen LogP contribution in [0.4, 0.5) is 5.69 Å². The third-order valence-corrected chi connectivity index (χ3v) is 5.69. The van der Waals surface area contributed by atoms with Gasteiger partial charge in [-0.15, -0.1) is 0 Å². The molecule has 1 aliphatic carbocycles. The van der Waals surface area contributed by atoms with Gasteiger partial charge in [0, 0.05) is 25.2 Å². The fraction of sp³-hybridized carbons (Fsp3) is 0.455. The molecule has 0 aromatic heterocycles. The van der Waals surface area contributed by atoms with E-state index in [-0.39, 0.29) is 17.5 Å². The Morgan fingerprint density at radius 2 is 1.89 bits per heavy atom. The minimum Gasteiger partial charge on any atom is -0.258 e. The van der Waals surface area contributed by atoms with Crippen molar-refractivity contribution in [2.45, 2.75) is 31.2 Å². The third kappa shape index (κ3) is 1.79. The average Bonchev–Trinajstić information content (AvgIpc) is 3.08. The van der Waals surface area contributed by atoms with Gasteiger partial charge in [0.05, 0.1) is 10.2 Å². The molecule has 6 nitrogen and oxygen atoms in total. The van der Waals surface area contributed by atoms with Crippen molar-refractivity contribution >= 4 is 15.7 Å². The highest BCUT2D eigenvalue weighted by Gasteiger charge is 2.42. The minimum atomic E-state index is -3.20. The van der Waals surface area contributed by atoms with Crippen LogP contribution >= 0.6 is 0 Å². The smallest absolute Gasteiger partial charge is 0.258 e. The molecule has 7 heteroatoms. The van der Waals surface area contributed by atoms with Gasteiger partial charge in [0.1, 0.15) is 0 Å². The molecule has 1 fully saturated rings. The quantitative estimate of drug-likeness (QED) is 0.613. The lowest BCUT2D eigenvalue weighted by Crippen LogP contribution is -2.28. The summed E-state index contributed by atoms with van der Waals surface area (Å²) in [5.41, 5.74) is 1.62. The number of sulfonamides is 1. The summed E-state index contributed by atoms with van der Waals surface area (Å²) in [6.45, 7) is 0.599. The molecule has 0 radical (unpaired) electrons. The molecule has 0 saturated heterocycles. The van der Waals surface area contributed by atoms with Crippen molar-refractivity contribution in [3.8, 4) is 0 Å². The molecular formula is C11H12N2O4S. The number of hydrogen-bond acceptors (Lipinski definition) is 4. The topological polar surface area (TPSA) is 80.5 Å². The second-order valence-corrected chi connectivity index (χ2v) is 6.94. The summed E-state index contributed by atoms with van der Waals surface area (Å²) >= 11 is 0. The minimum absolute atomic E-state index is 0.0134. The van der Waals surface area contributed by atoms with Crippen LogP contribution in [0.15, 0.2) is 18.2 Å². The zero-order chi connectivity index (χ0) is 12.9. The average molecular weight is 268 g/mol. The SMILES string of the molecule is O=[N+]([O-])c1ccc2c(c1)CN(S(=O)(=O)C1CC1)C2. The molecule has 1 aromatic rings. The van der Waals surface area contributed by atoms with E-state index in [1.54, 1.807) is 6.07 Å². The van der Waals surface area contributed by atoms with Crippen LogP contribution in [-0.2, 0) is 23.1 Å². The number of benzene rings is 1. The molecule has 0 spiro atoms. The summed E-state index contributed by atoms with van der Waals surface area (Å²) in [4.78, 5) is 10.2. The lowest BCUT2D eigenvalue weighted by atomic mass is 10.1. The molecular weight excluding hydrogens is 256 g/mol. The van der Waals surface area contributed by atoms with Crippen LogP contribution in [0.2, 0.25) is 0 Å². The number of nitrogens with zero attached hydrogens (tertiary/aromatic N) is 2. The van der Waals surface area contributed by atoms with Crippen molar-refractivity contribution in [1.82, 2.24) is 4.31 Å². The molecule has 0 unspecified atom stereocenters. The van der Waals surface area contributed by atoms with E-state index in [9.17, 15) is 18.5 Å². The van der Waals surface area contributed by atoms with E-state index < -0.39 is 14.9 Å². The van der Waals surface area contributed by atoms with E-state index in [1.807, 2.05) is 0 Å². The molecule has 3 rings (SSSR count). The zero-order valence-corrected chi connectivity index (χ0v) is 10.4. The first-order valence-corrected chi connectivity index (χ1v) is 7.24. The van der Waals surface area contributed by atoms with E-state index in [1.165, 1.54) is 16.4 Å². The van der Waals surface area contributed by atoms with Gasteiger partial charge in [0.2, 0.25) is 10.0 Å². The molecule has 96 valence electrons. The molecule has 0 amide bonds. The van der Waals surface area contributed by atoms with Gasteiger partial charge >= 0.3 is 0 Å². The van der Waals surface area contributed by atoms with Crippen LogP contribution in [0.3, 0.4) is 0 Å². The number of nitro benzene ring substituents is 1. The van der Waals surface area contributed by atoms with Gasteiger partial charge in [-0.25, -0.2) is 8.42 Å². The van der Waals surface area contributed by atoms with Gasteiger partial charge in [-0.2, -0.15) is 4.31 Å². The predicted octanol–water partition coefficient (Wildman–Crippen LogP) is 1.40. The van der Waals surface area contributed by atoms with E-state index in [4.69, 9.17) is 0 Å². The summed E-state index contributed by atoms with van der Waals surface area (Å²) in [5, 5.41) is 10.4. The molecule has 0 atom stereocenters. The van der Waals surface area contributed by atoms with Crippen LogP contribution < -0.4 is 0 Å². The van der Waals surface area contributed by atoms with Gasteiger partial charge in [-0.05, 0) is 24.0 Å². The van der Waals surface area contributed by atoms with Gasteiger partial charge in [0.15, 0.2) is 0 Å². The lowest BCUT2D eigenvalue weighted by Gasteiger charge is -2.14. The number of hydrogen-bond donors (Lipinski definition) is 0. The third-order valence-electron chi connectivity index (χ3n) is 3.40. The fourth-order valence-electron chi connectivity index (χ4n) is 2.22. The van der Waals surface area contributed by atoms with Crippen LogP contribution in [-0.4, -0.2) is 22.9 Å². The van der Waals surface area contributed by atoms with Gasteiger partial charge in [-0.1, -0.05) is 6.07 Å². The number of rotatable bonds is 3. The van der Waals surface area contributed by atoms with Crippen molar-refractivity contribution in [2.75, 3.05) is 0 Å². The van der Waals surface area contributed by atoms with Crippen molar-refractivity contribution in [3.63, 3.8) is 0 Å². The largest absolute Gasteiger partial charge is 0.269 e. The Hall–Kier alpha value is -1.47. The second-order valence-electron chi connectivity index (χ2n) is 4.72. The van der Waals surface area contributed by atoms with E-state index in [2.05, 4.69) is 0 Å². The zero-order valence-electron chi connectivity index (χ0n) is 9.57.